The number of thioether (sulfide) groups is 1. The zero-order valence-electron chi connectivity index (χ0n) is 15.0. The maximum absolute atomic E-state index is 4.49. The fourth-order valence-corrected chi connectivity index (χ4v) is 4.95. The lowest BCUT2D eigenvalue weighted by Gasteiger charge is -2.36. The molecule has 1 aromatic heterocycles. The van der Waals surface area contributed by atoms with Gasteiger partial charge in [-0.25, -0.2) is 0 Å². The van der Waals surface area contributed by atoms with Crippen LogP contribution in [-0.4, -0.2) is 91.6 Å². The molecule has 25 heavy (non-hydrogen) atoms. The van der Waals surface area contributed by atoms with Crippen molar-refractivity contribution >= 4 is 53.0 Å². The third-order valence-corrected chi connectivity index (χ3v) is 6.46. The van der Waals surface area contributed by atoms with Gasteiger partial charge in [-0.15, -0.1) is 35.3 Å². The first-order valence-electron chi connectivity index (χ1n) is 8.85. The fraction of sp³-hybridized carbons (Fsp3) is 0.706. The molecule has 5 nitrogen and oxygen atoms in total. The largest absolute Gasteiger partial charge is 0.355 e. The molecule has 3 heterocycles. The van der Waals surface area contributed by atoms with Crippen LogP contribution in [0.4, 0.5) is 0 Å². The maximum Gasteiger partial charge on any atom is 0.193 e. The topological polar surface area (TPSA) is 34.1 Å². The number of piperazine rings is 1. The second kappa shape index (κ2) is 11.6. The van der Waals surface area contributed by atoms with Crippen LogP contribution in [0.1, 0.15) is 4.88 Å². The molecule has 8 heteroatoms. The maximum atomic E-state index is 4.49. The summed E-state index contributed by atoms with van der Waals surface area (Å²) in [5.74, 6) is 3.62. The highest BCUT2D eigenvalue weighted by Crippen LogP contribution is 2.13. The number of rotatable bonds is 5. The number of nitrogens with zero attached hydrogens (tertiary/aromatic N) is 4. The van der Waals surface area contributed by atoms with E-state index >= 15 is 0 Å². The van der Waals surface area contributed by atoms with Crippen LogP contribution in [0.25, 0.3) is 0 Å². The van der Waals surface area contributed by atoms with Crippen molar-refractivity contribution in [1.82, 2.24) is 20.0 Å². The highest BCUT2D eigenvalue weighted by atomic mass is 127. The van der Waals surface area contributed by atoms with Crippen molar-refractivity contribution < 1.29 is 0 Å². The second-order valence-electron chi connectivity index (χ2n) is 6.27. The van der Waals surface area contributed by atoms with Gasteiger partial charge in [0.1, 0.15) is 0 Å². The van der Waals surface area contributed by atoms with Crippen LogP contribution in [0.5, 0.6) is 0 Å². The predicted octanol–water partition coefficient (Wildman–Crippen LogP) is 2.11. The van der Waals surface area contributed by atoms with Crippen molar-refractivity contribution in [2.45, 2.75) is 6.54 Å². The molecular weight excluding hydrogens is 465 g/mol. The number of thiophene rings is 1. The highest BCUT2D eigenvalue weighted by Gasteiger charge is 2.20. The molecule has 2 aliphatic rings. The Labute approximate surface area is 177 Å². The Kier molecular flexibility index (Phi) is 9.90. The first-order chi connectivity index (χ1) is 11.8. The molecule has 0 radical (unpaired) electrons. The van der Waals surface area contributed by atoms with Crippen LogP contribution in [0, 0.1) is 0 Å². The van der Waals surface area contributed by atoms with E-state index < -0.39 is 0 Å². The molecule has 0 atom stereocenters. The van der Waals surface area contributed by atoms with Gasteiger partial charge in [-0.3, -0.25) is 14.8 Å². The minimum absolute atomic E-state index is 0. The highest BCUT2D eigenvalue weighted by molar-refractivity contribution is 14.0. The molecule has 0 aromatic carbocycles. The van der Waals surface area contributed by atoms with Crippen molar-refractivity contribution in [1.29, 1.82) is 0 Å². The van der Waals surface area contributed by atoms with Crippen LogP contribution in [-0.2, 0) is 6.54 Å². The summed E-state index contributed by atoms with van der Waals surface area (Å²) in [5, 5.41) is 5.72. The standard InChI is InChI=1S/C17H29N5S2.HI/c1-18-17(19-4-5-20-10-13-23-14-11-20)22-8-6-21(7-9-22)15-16-3-2-12-24-16;/h2-3,12H,4-11,13-15H2,1H3,(H,18,19);1H. The van der Waals surface area contributed by atoms with Crippen molar-refractivity contribution in [3.8, 4) is 0 Å². The average Bonchev–Trinajstić information content (AvgIpc) is 3.14. The number of aliphatic imine (C=N–C) groups is 1. The van der Waals surface area contributed by atoms with Gasteiger partial charge in [0.2, 0.25) is 0 Å². The zero-order chi connectivity index (χ0) is 16.6. The molecule has 2 saturated heterocycles. The Morgan fingerprint density at radius 2 is 1.88 bits per heavy atom. The summed E-state index contributed by atoms with van der Waals surface area (Å²) in [7, 11) is 1.90. The van der Waals surface area contributed by atoms with Gasteiger partial charge in [0.15, 0.2) is 5.96 Å². The lowest BCUT2D eigenvalue weighted by molar-refractivity contribution is 0.173. The van der Waals surface area contributed by atoms with Crippen LogP contribution in [0.2, 0.25) is 0 Å². The van der Waals surface area contributed by atoms with Gasteiger partial charge in [0.05, 0.1) is 0 Å². The van der Waals surface area contributed by atoms with Gasteiger partial charge < -0.3 is 10.2 Å². The van der Waals surface area contributed by atoms with Crippen LogP contribution in [0.3, 0.4) is 0 Å². The Morgan fingerprint density at radius 3 is 2.52 bits per heavy atom. The summed E-state index contributed by atoms with van der Waals surface area (Å²) in [6.45, 7) is 10.0. The van der Waals surface area contributed by atoms with Crippen LogP contribution >= 0.6 is 47.1 Å². The molecule has 2 fully saturated rings. The van der Waals surface area contributed by atoms with Crippen molar-refractivity contribution in [3.05, 3.63) is 22.4 Å². The molecule has 1 aromatic rings. The normalized spacial score (nSPS) is 20.4. The molecule has 142 valence electrons. The molecule has 0 unspecified atom stereocenters. The number of nitrogens with one attached hydrogen (secondary N) is 1. The molecule has 1 N–H and O–H groups in total. The summed E-state index contributed by atoms with van der Waals surface area (Å²) in [4.78, 5) is 13.4. The summed E-state index contributed by atoms with van der Waals surface area (Å²) in [5.41, 5.74) is 0. The Hall–Kier alpha value is -0.0300. The van der Waals surface area contributed by atoms with Crippen molar-refractivity contribution in [3.63, 3.8) is 0 Å². The Morgan fingerprint density at radius 1 is 1.12 bits per heavy atom. The summed E-state index contributed by atoms with van der Waals surface area (Å²) < 4.78 is 0. The van der Waals surface area contributed by atoms with Gasteiger partial charge in [-0.1, -0.05) is 6.07 Å². The van der Waals surface area contributed by atoms with E-state index in [2.05, 4.69) is 54.3 Å². The lowest BCUT2D eigenvalue weighted by atomic mass is 10.3. The number of guanidine groups is 1. The van der Waals surface area contributed by atoms with E-state index in [1.165, 1.54) is 29.5 Å². The molecule has 0 saturated carbocycles. The van der Waals surface area contributed by atoms with E-state index in [1.54, 1.807) is 0 Å². The first kappa shape index (κ1) is 21.3. The van der Waals surface area contributed by atoms with E-state index in [-0.39, 0.29) is 24.0 Å². The quantitative estimate of drug-likeness (QED) is 0.385. The van der Waals surface area contributed by atoms with Gasteiger partial charge in [0, 0.05) is 82.3 Å². The van der Waals surface area contributed by atoms with Gasteiger partial charge in [-0.2, -0.15) is 11.8 Å². The van der Waals surface area contributed by atoms with E-state index in [9.17, 15) is 0 Å². The number of hydrogen-bond acceptors (Lipinski definition) is 5. The van der Waals surface area contributed by atoms with E-state index in [1.807, 2.05) is 18.4 Å². The van der Waals surface area contributed by atoms with E-state index in [0.717, 1.165) is 51.8 Å². The molecular formula is C17H30IN5S2. The molecule has 0 spiro atoms. The Bertz CT molecular complexity index is 497. The monoisotopic (exact) mass is 495 g/mol. The van der Waals surface area contributed by atoms with E-state index in [0.29, 0.717) is 0 Å². The van der Waals surface area contributed by atoms with Gasteiger partial charge in [0.25, 0.3) is 0 Å². The summed E-state index contributed by atoms with van der Waals surface area (Å²) in [6, 6.07) is 4.37. The smallest absolute Gasteiger partial charge is 0.193 e. The SMILES string of the molecule is CN=C(NCCN1CCSCC1)N1CCN(Cc2cccs2)CC1.I. The van der Waals surface area contributed by atoms with Gasteiger partial charge >= 0.3 is 0 Å². The van der Waals surface area contributed by atoms with Crippen molar-refractivity contribution in [2.75, 3.05) is 70.9 Å². The fourth-order valence-electron chi connectivity index (χ4n) is 3.22. The predicted molar refractivity (Wildman–Crippen MR) is 122 cm³/mol. The second-order valence-corrected chi connectivity index (χ2v) is 8.53. The molecule has 0 amide bonds. The molecule has 2 aliphatic heterocycles. The first-order valence-corrected chi connectivity index (χ1v) is 10.9. The third kappa shape index (κ3) is 6.89. The molecule has 3 rings (SSSR count). The van der Waals surface area contributed by atoms with Gasteiger partial charge in [-0.05, 0) is 11.4 Å². The third-order valence-electron chi connectivity index (χ3n) is 4.66. The van der Waals surface area contributed by atoms with Crippen LogP contribution < -0.4 is 5.32 Å². The lowest BCUT2D eigenvalue weighted by Crippen LogP contribution is -2.53. The Balaban J connectivity index is 0.00000225. The minimum atomic E-state index is 0. The van der Waals surface area contributed by atoms with E-state index in [4.69, 9.17) is 0 Å². The van der Waals surface area contributed by atoms with Crippen molar-refractivity contribution in [2.24, 2.45) is 4.99 Å². The average molecular weight is 496 g/mol. The van der Waals surface area contributed by atoms with Crippen LogP contribution in [0.15, 0.2) is 22.5 Å². The zero-order valence-corrected chi connectivity index (χ0v) is 19.0. The summed E-state index contributed by atoms with van der Waals surface area (Å²) in [6.07, 6.45) is 0. The molecule has 0 bridgehead atoms. The number of halogens is 1. The molecule has 0 aliphatic carbocycles. The summed E-state index contributed by atoms with van der Waals surface area (Å²) >= 11 is 3.92. The minimum Gasteiger partial charge on any atom is -0.355 e. The number of hydrogen-bond donors (Lipinski definition) is 1.